The molecule has 0 aromatic rings. The van der Waals surface area contributed by atoms with Gasteiger partial charge in [-0.05, 0) is 33.1 Å². The van der Waals surface area contributed by atoms with Gasteiger partial charge in [-0.1, -0.05) is 0 Å². The predicted octanol–water partition coefficient (Wildman–Crippen LogP) is 1.65. The number of ether oxygens (including phenoxy) is 1. The Balaban J connectivity index is 2.03. The van der Waals surface area contributed by atoms with Gasteiger partial charge in [0.15, 0.2) is 0 Å². The molecule has 0 unspecified atom stereocenters. The van der Waals surface area contributed by atoms with Crippen molar-refractivity contribution in [3.63, 3.8) is 0 Å². The molecule has 12 heavy (non-hydrogen) atoms. The van der Waals surface area contributed by atoms with E-state index < -0.39 is 0 Å². The Morgan fingerprint density at radius 1 is 1.33 bits per heavy atom. The Morgan fingerprint density at radius 3 is 2.92 bits per heavy atom. The van der Waals surface area contributed by atoms with E-state index in [2.05, 4.69) is 18.7 Å². The van der Waals surface area contributed by atoms with E-state index in [-0.39, 0.29) is 0 Å². The van der Waals surface area contributed by atoms with Crippen LogP contribution in [0.1, 0.15) is 33.1 Å². The number of rotatable bonds is 1. The average molecular weight is 169 g/mol. The first-order chi connectivity index (χ1) is 5.79. The number of nitrogens with zero attached hydrogens (tertiary/aromatic N) is 1. The quantitative estimate of drug-likeness (QED) is 0.592. The summed E-state index contributed by atoms with van der Waals surface area (Å²) in [4.78, 5) is 2.61. The van der Waals surface area contributed by atoms with Crippen molar-refractivity contribution in [2.75, 3.05) is 13.2 Å². The third-order valence-corrected chi connectivity index (χ3v) is 3.19. The Labute approximate surface area is 74.9 Å². The molecule has 0 N–H and O–H groups in total. The van der Waals surface area contributed by atoms with Crippen LogP contribution in [-0.2, 0) is 4.74 Å². The van der Waals surface area contributed by atoms with E-state index in [1.807, 2.05) is 0 Å². The van der Waals surface area contributed by atoms with Gasteiger partial charge in [-0.2, -0.15) is 0 Å². The van der Waals surface area contributed by atoms with Crippen molar-refractivity contribution in [3.8, 4) is 0 Å². The van der Waals surface area contributed by atoms with E-state index in [1.54, 1.807) is 0 Å². The summed E-state index contributed by atoms with van der Waals surface area (Å²) >= 11 is 0. The van der Waals surface area contributed by atoms with Crippen molar-refractivity contribution < 1.29 is 4.74 Å². The number of hydrogen-bond acceptors (Lipinski definition) is 2. The topological polar surface area (TPSA) is 12.5 Å². The van der Waals surface area contributed by atoms with Gasteiger partial charge in [0.1, 0.15) is 0 Å². The third-order valence-electron chi connectivity index (χ3n) is 3.19. The van der Waals surface area contributed by atoms with Crippen molar-refractivity contribution >= 4 is 0 Å². The zero-order valence-electron chi connectivity index (χ0n) is 8.12. The minimum Gasteiger partial charge on any atom is -0.375 e. The summed E-state index contributed by atoms with van der Waals surface area (Å²) in [5.41, 5.74) is 0. The van der Waals surface area contributed by atoms with Gasteiger partial charge in [0, 0.05) is 18.6 Å². The second-order valence-electron chi connectivity index (χ2n) is 4.24. The van der Waals surface area contributed by atoms with Gasteiger partial charge in [0.25, 0.3) is 0 Å². The van der Waals surface area contributed by atoms with E-state index in [0.717, 1.165) is 19.2 Å². The molecule has 0 amide bonds. The van der Waals surface area contributed by atoms with Crippen LogP contribution in [0.2, 0.25) is 0 Å². The Morgan fingerprint density at radius 2 is 2.17 bits per heavy atom. The molecule has 2 atom stereocenters. The first-order valence-electron chi connectivity index (χ1n) is 5.16. The molecule has 0 bridgehead atoms. The van der Waals surface area contributed by atoms with Crippen LogP contribution in [0.15, 0.2) is 0 Å². The molecule has 1 saturated carbocycles. The highest BCUT2D eigenvalue weighted by Crippen LogP contribution is 2.30. The Kier molecular flexibility index (Phi) is 2.37. The van der Waals surface area contributed by atoms with Gasteiger partial charge in [0.2, 0.25) is 0 Å². The van der Waals surface area contributed by atoms with E-state index in [0.29, 0.717) is 12.1 Å². The lowest BCUT2D eigenvalue weighted by molar-refractivity contribution is -0.0666. The highest BCUT2D eigenvalue weighted by Gasteiger charge is 2.36. The zero-order chi connectivity index (χ0) is 8.55. The molecule has 0 radical (unpaired) electrons. The van der Waals surface area contributed by atoms with Crippen LogP contribution < -0.4 is 0 Å². The summed E-state index contributed by atoms with van der Waals surface area (Å²) in [6.45, 7) is 6.67. The van der Waals surface area contributed by atoms with Crippen LogP contribution >= 0.6 is 0 Å². The average Bonchev–Trinajstić information content (AvgIpc) is 2.49. The summed E-state index contributed by atoms with van der Waals surface area (Å²) in [6.07, 6.45) is 4.55. The molecule has 2 rings (SSSR count). The van der Waals surface area contributed by atoms with E-state index in [9.17, 15) is 0 Å². The lowest BCUT2D eigenvalue weighted by Gasteiger charge is -2.40. The van der Waals surface area contributed by atoms with Gasteiger partial charge in [-0.25, -0.2) is 0 Å². The lowest BCUT2D eigenvalue weighted by Crippen LogP contribution is -2.51. The van der Waals surface area contributed by atoms with Crippen molar-refractivity contribution in [2.24, 2.45) is 0 Å². The fraction of sp³-hybridized carbons (Fsp3) is 1.00. The molecule has 0 spiro atoms. The zero-order valence-corrected chi connectivity index (χ0v) is 8.12. The van der Waals surface area contributed by atoms with Gasteiger partial charge < -0.3 is 4.74 Å². The van der Waals surface area contributed by atoms with Crippen LogP contribution in [-0.4, -0.2) is 36.2 Å². The maximum Gasteiger partial charge on any atom is 0.0731 e. The number of fused-ring (bicyclic) bond motifs is 1. The normalized spacial score (nSPS) is 37.2. The van der Waals surface area contributed by atoms with Crippen LogP contribution in [0.3, 0.4) is 0 Å². The molecule has 1 aliphatic heterocycles. The maximum atomic E-state index is 5.74. The van der Waals surface area contributed by atoms with Gasteiger partial charge in [0.05, 0.1) is 12.7 Å². The smallest absolute Gasteiger partial charge is 0.0731 e. The first kappa shape index (κ1) is 8.52. The monoisotopic (exact) mass is 169 g/mol. The predicted molar refractivity (Wildman–Crippen MR) is 49.2 cm³/mol. The van der Waals surface area contributed by atoms with Crippen LogP contribution in [0, 0.1) is 0 Å². The second kappa shape index (κ2) is 3.35. The van der Waals surface area contributed by atoms with Crippen LogP contribution in [0.25, 0.3) is 0 Å². The summed E-state index contributed by atoms with van der Waals surface area (Å²) in [5.74, 6) is 0. The summed E-state index contributed by atoms with van der Waals surface area (Å²) in [5, 5.41) is 0. The molecule has 1 saturated heterocycles. The number of morpholine rings is 1. The molecule has 2 heteroatoms. The Hall–Kier alpha value is -0.0800. The molecule has 0 aromatic heterocycles. The van der Waals surface area contributed by atoms with Crippen LogP contribution in [0.5, 0.6) is 0 Å². The maximum absolute atomic E-state index is 5.74. The highest BCUT2D eigenvalue weighted by atomic mass is 16.5. The SMILES string of the molecule is CC(C)N1CCO[C@@H]2CCC[C@@H]21. The standard InChI is InChI=1S/C10H19NO/c1-8(2)11-6-7-12-10-5-3-4-9(10)11/h8-10H,3-7H2,1-2H3/t9-,10+/m0/s1. The molecular formula is C10H19NO. The summed E-state index contributed by atoms with van der Waals surface area (Å²) < 4.78 is 5.74. The van der Waals surface area contributed by atoms with Crippen LogP contribution in [0.4, 0.5) is 0 Å². The molecule has 70 valence electrons. The third kappa shape index (κ3) is 1.38. The minimum atomic E-state index is 0.557. The Bertz CT molecular complexity index is 158. The molecule has 2 aliphatic rings. The van der Waals surface area contributed by atoms with Crippen molar-refractivity contribution in [2.45, 2.75) is 51.3 Å². The molecule has 1 aliphatic carbocycles. The largest absolute Gasteiger partial charge is 0.375 e. The van der Waals surface area contributed by atoms with E-state index in [4.69, 9.17) is 4.74 Å². The van der Waals surface area contributed by atoms with Crippen molar-refractivity contribution in [3.05, 3.63) is 0 Å². The molecular weight excluding hydrogens is 150 g/mol. The van der Waals surface area contributed by atoms with Gasteiger partial charge in [-0.3, -0.25) is 4.90 Å². The fourth-order valence-corrected chi connectivity index (χ4v) is 2.60. The second-order valence-corrected chi connectivity index (χ2v) is 4.24. The lowest BCUT2D eigenvalue weighted by atomic mass is 10.1. The molecule has 2 fully saturated rings. The summed E-state index contributed by atoms with van der Waals surface area (Å²) in [6, 6.07) is 1.43. The minimum absolute atomic E-state index is 0.557. The van der Waals surface area contributed by atoms with E-state index in [1.165, 1.54) is 19.3 Å². The van der Waals surface area contributed by atoms with Gasteiger partial charge >= 0.3 is 0 Å². The molecule has 0 aromatic carbocycles. The molecule has 2 nitrogen and oxygen atoms in total. The highest BCUT2D eigenvalue weighted by molar-refractivity contribution is 4.90. The molecule has 1 heterocycles. The fourth-order valence-electron chi connectivity index (χ4n) is 2.60. The van der Waals surface area contributed by atoms with E-state index >= 15 is 0 Å². The van der Waals surface area contributed by atoms with Crippen molar-refractivity contribution in [1.29, 1.82) is 0 Å². The van der Waals surface area contributed by atoms with Gasteiger partial charge in [-0.15, -0.1) is 0 Å². The summed E-state index contributed by atoms with van der Waals surface area (Å²) in [7, 11) is 0. The first-order valence-corrected chi connectivity index (χ1v) is 5.16. The number of hydrogen-bond donors (Lipinski definition) is 0. The van der Waals surface area contributed by atoms with Crippen molar-refractivity contribution in [1.82, 2.24) is 4.90 Å².